The van der Waals surface area contributed by atoms with Crippen LogP contribution >= 0.6 is 0 Å². The Labute approximate surface area is 201 Å². The van der Waals surface area contributed by atoms with Gasteiger partial charge in [-0.05, 0) is 68.3 Å². The zero-order chi connectivity index (χ0) is 24.9. The molecular weight excluding hydrogens is 452 g/mol. The normalized spacial score (nSPS) is 12.0. The molecule has 0 heterocycles. The molecule has 0 spiro atoms. The summed E-state index contributed by atoms with van der Waals surface area (Å²) in [4.78, 5) is 13.3. The smallest absolute Gasteiger partial charge is 0.264 e. The summed E-state index contributed by atoms with van der Waals surface area (Å²) in [7, 11) is -0.874. The lowest BCUT2D eigenvalue weighted by Gasteiger charge is -2.27. The van der Waals surface area contributed by atoms with Crippen molar-refractivity contribution >= 4 is 21.6 Å². The van der Waals surface area contributed by atoms with Crippen molar-refractivity contribution in [3.05, 3.63) is 83.4 Å². The lowest BCUT2D eigenvalue weighted by molar-refractivity contribution is -0.120. The van der Waals surface area contributed by atoms with Gasteiger partial charge in [0.1, 0.15) is 18.0 Å². The number of methoxy groups -OCH3 is 2. The first-order chi connectivity index (χ1) is 16.2. The van der Waals surface area contributed by atoms with Gasteiger partial charge in [-0.25, -0.2) is 8.42 Å². The van der Waals surface area contributed by atoms with Crippen LogP contribution in [0.4, 0.5) is 5.69 Å². The Kier molecular flexibility index (Phi) is 7.83. The predicted octanol–water partition coefficient (Wildman–Crippen LogP) is 4.39. The van der Waals surface area contributed by atoms with E-state index in [1.807, 2.05) is 32.9 Å². The maximum atomic E-state index is 13.6. The molecule has 0 saturated carbocycles. The maximum Gasteiger partial charge on any atom is 0.264 e. The Morgan fingerprint density at radius 1 is 0.971 bits per heavy atom. The molecule has 8 heteroatoms. The van der Waals surface area contributed by atoms with Crippen LogP contribution in [0.15, 0.2) is 71.6 Å². The standard InChI is InChI=1S/C26H30N2O5S/c1-18-11-12-19(2)24(15-18)28(34(30,31)22-9-7-6-8-10-22)17-26(29)27-20(3)23-16-21(32-4)13-14-25(23)33-5/h6-16,20H,17H2,1-5H3,(H,27,29)/t20-/m1/s1. The van der Waals surface area contributed by atoms with Crippen molar-refractivity contribution in [3.8, 4) is 11.5 Å². The quantitative estimate of drug-likeness (QED) is 0.489. The number of carbonyl (C=O) groups excluding carboxylic acids is 1. The molecule has 0 aliphatic rings. The Hall–Kier alpha value is -3.52. The minimum absolute atomic E-state index is 0.117. The van der Waals surface area contributed by atoms with Gasteiger partial charge in [0, 0.05) is 5.56 Å². The first kappa shape index (κ1) is 25.1. The highest BCUT2D eigenvalue weighted by molar-refractivity contribution is 7.92. The van der Waals surface area contributed by atoms with E-state index in [2.05, 4.69) is 5.32 Å². The largest absolute Gasteiger partial charge is 0.497 e. The van der Waals surface area contributed by atoms with Gasteiger partial charge in [-0.15, -0.1) is 0 Å². The molecule has 0 aliphatic carbocycles. The fraction of sp³-hybridized carbons (Fsp3) is 0.269. The van der Waals surface area contributed by atoms with Gasteiger partial charge in [-0.1, -0.05) is 30.3 Å². The average molecular weight is 483 g/mol. The molecule has 3 aromatic carbocycles. The molecule has 0 radical (unpaired) electrons. The third-order valence-electron chi connectivity index (χ3n) is 5.53. The number of hydrogen-bond donors (Lipinski definition) is 1. The van der Waals surface area contributed by atoms with Crippen molar-refractivity contribution in [1.82, 2.24) is 5.32 Å². The summed E-state index contributed by atoms with van der Waals surface area (Å²) in [6, 6.07) is 18.5. The summed E-state index contributed by atoms with van der Waals surface area (Å²) in [5, 5.41) is 2.90. The highest BCUT2D eigenvalue weighted by Crippen LogP contribution is 2.30. The van der Waals surface area contributed by atoms with Gasteiger partial charge in [0.05, 0.1) is 30.8 Å². The second-order valence-electron chi connectivity index (χ2n) is 8.01. The molecule has 3 rings (SSSR count). The fourth-order valence-corrected chi connectivity index (χ4v) is 5.18. The highest BCUT2D eigenvalue weighted by Gasteiger charge is 2.29. The predicted molar refractivity (Wildman–Crippen MR) is 133 cm³/mol. The van der Waals surface area contributed by atoms with E-state index < -0.39 is 22.0 Å². The van der Waals surface area contributed by atoms with Crippen LogP contribution in [0.25, 0.3) is 0 Å². The van der Waals surface area contributed by atoms with Crippen LogP contribution < -0.4 is 19.1 Å². The zero-order valence-electron chi connectivity index (χ0n) is 20.0. The second kappa shape index (κ2) is 10.6. The monoisotopic (exact) mass is 482 g/mol. The van der Waals surface area contributed by atoms with Crippen LogP contribution in [0.2, 0.25) is 0 Å². The molecule has 0 unspecified atom stereocenters. The Morgan fingerprint density at radius 3 is 2.32 bits per heavy atom. The van der Waals surface area contributed by atoms with Gasteiger partial charge < -0.3 is 14.8 Å². The van der Waals surface area contributed by atoms with E-state index >= 15 is 0 Å². The van der Waals surface area contributed by atoms with Crippen LogP contribution in [0.5, 0.6) is 11.5 Å². The molecule has 7 nitrogen and oxygen atoms in total. The lowest BCUT2D eigenvalue weighted by Crippen LogP contribution is -2.42. The molecular formula is C26H30N2O5S. The van der Waals surface area contributed by atoms with Gasteiger partial charge in [0.25, 0.3) is 10.0 Å². The van der Waals surface area contributed by atoms with Crippen molar-refractivity contribution in [3.63, 3.8) is 0 Å². The van der Waals surface area contributed by atoms with Crippen LogP contribution in [0.3, 0.4) is 0 Å². The van der Waals surface area contributed by atoms with Gasteiger partial charge in [0.15, 0.2) is 0 Å². The second-order valence-corrected chi connectivity index (χ2v) is 9.87. The molecule has 0 aromatic heterocycles. The van der Waals surface area contributed by atoms with E-state index in [1.165, 1.54) is 12.1 Å². The minimum atomic E-state index is -3.98. The number of ether oxygens (including phenoxy) is 2. The van der Waals surface area contributed by atoms with E-state index in [1.54, 1.807) is 56.7 Å². The number of carbonyl (C=O) groups is 1. The van der Waals surface area contributed by atoms with Crippen LogP contribution in [-0.4, -0.2) is 35.1 Å². The third kappa shape index (κ3) is 5.51. The summed E-state index contributed by atoms with van der Waals surface area (Å²) in [5.41, 5.74) is 2.83. The van der Waals surface area contributed by atoms with Crippen molar-refractivity contribution in [1.29, 1.82) is 0 Å². The number of hydrogen-bond acceptors (Lipinski definition) is 5. The van der Waals surface area contributed by atoms with Gasteiger partial charge >= 0.3 is 0 Å². The molecule has 1 atom stereocenters. The fourth-order valence-electron chi connectivity index (χ4n) is 3.68. The number of nitrogens with one attached hydrogen (secondary N) is 1. The number of nitrogens with zero attached hydrogens (tertiary/aromatic N) is 1. The summed E-state index contributed by atoms with van der Waals surface area (Å²) in [6.45, 7) is 5.14. The summed E-state index contributed by atoms with van der Waals surface area (Å²) in [6.07, 6.45) is 0. The number of benzene rings is 3. The summed E-state index contributed by atoms with van der Waals surface area (Å²) in [5.74, 6) is 0.773. The summed E-state index contributed by atoms with van der Waals surface area (Å²) < 4.78 is 39.0. The molecule has 0 fully saturated rings. The molecule has 0 saturated heterocycles. The van der Waals surface area contributed by atoms with E-state index in [-0.39, 0.29) is 11.4 Å². The molecule has 0 aliphatic heterocycles. The zero-order valence-corrected chi connectivity index (χ0v) is 20.8. The first-order valence-corrected chi connectivity index (χ1v) is 12.3. The topological polar surface area (TPSA) is 84.9 Å². The Bertz CT molecular complexity index is 1260. The van der Waals surface area contributed by atoms with Crippen molar-refractivity contribution in [2.24, 2.45) is 0 Å². The van der Waals surface area contributed by atoms with Crippen molar-refractivity contribution < 1.29 is 22.7 Å². The van der Waals surface area contributed by atoms with Gasteiger partial charge in [-0.2, -0.15) is 0 Å². The van der Waals surface area contributed by atoms with Crippen molar-refractivity contribution in [2.75, 3.05) is 25.1 Å². The van der Waals surface area contributed by atoms with E-state index in [0.29, 0.717) is 17.2 Å². The van der Waals surface area contributed by atoms with Gasteiger partial charge in [0.2, 0.25) is 5.91 Å². The minimum Gasteiger partial charge on any atom is -0.497 e. The number of rotatable bonds is 9. The number of amides is 1. The number of sulfonamides is 1. The summed E-state index contributed by atoms with van der Waals surface area (Å²) >= 11 is 0. The molecule has 0 bridgehead atoms. The van der Waals surface area contributed by atoms with E-state index in [9.17, 15) is 13.2 Å². The van der Waals surface area contributed by atoms with Crippen LogP contribution in [0, 0.1) is 13.8 Å². The van der Waals surface area contributed by atoms with Crippen molar-refractivity contribution in [2.45, 2.75) is 31.7 Å². The highest BCUT2D eigenvalue weighted by atomic mass is 32.2. The molecule has 1 N–H and O–H groups in total. The van der Waals surface area contributed by atoms with E-state index in [0.717, 1.165) is 21.0 Å². The molecule has 34 heavy (non-hydrogen) atoms. The average Bonchev–Trinajstić information content (AvgIpc) is 2.84. The maximum absolute atomic E-state index is 13.6. The molecule has 1 amide bonds. The molecule has 3 aromatic rings. The number of aryl methyl sites for hydroxylation is 2. The lowest BCUT2D eigenvalue weighted by atomic mass is 10.1. The Morgan fingerprint density at radius 2 is 1.68 bits per heavy atom. The van der Waals surface area contributed by atoms with Crippen LogP contribution in [-0.2, 0) is 14.8 Å². The van der Waals surface area contributed by atoms with Crippen LogP contribution in [0.1, 0.15) is 29.7 Å². The third-order valence-corrected chi connectivity index (χ3v) is 7.31. The van der Waals surface area contributed by atoms with Gasteiger partial charge in [-0.3, -0.25) is 9.10 Å². The SMILES string of the molecule is COc1ccc(OC)c([C@@H](C)NC(=O)CN(c2cc(C)ccc2C)S(=O)(=O)c2ccccc2)c1. The van der Waals surface area contributed by atoms with E-state index in [4.69, 9.17) is 9.47 Å². The Balaban J connectivity index is 1.94. The molecule has 180 valence electrons. The number of anilines is 1. The first-order valence-electron chi connectivity index (χ1n) is 10.8.